The highest BCUT2D eigenvalue weighted by Crippen LogP contribution is 2.21. The Labute approximate surface area is 122 Å². The Kier molecular flexibility index (Phi) is 4.32. The second-order valence-electron chi connectivity index (χ2n) is 5.29. The number of hydrogen-bond acceptors (Lipinski definition) is 6. The summed E-state index contributed by atoms with van der Waals surface area (Å²) in [4.78, 5) is 6.57. The van der Waals surface area contributed by atoms with E-state index in [1.807, 2.05) is 18.4 Å². The maximum Gasteiger partial charge on any atom is 0.273 e. The minimum atomic E-state index is 0.566. The van der Waals surface area contributed by atoms with Gasteiger partial charge in [-0.1, -0.05) is 16.5 Å². The molecule has 108 valence electrons. The molecule has 1 fully saturated rings. The molecule has 3 rings (SSSR count). The van der Waals surface area contributed by atoms with E-state index in [1.54, 1.807) is 17.5 Å². The Morgan fingerprint density at radius 3 is 3.25 bits per heavy atom. The topological polar surface area (TPSA) is 51.4 Å². The van der Waals surface area contributed by atoms with Gasteiger partial charge in [-0.15, -0.1) is 0 Å². The van der Waals surface area contributed by atoms with Crippen LogP contribution in [0.5, 0.6) is 5.19 Å². The van der Waals surface area contributed by atoms with Crippen molar-refractivity contribution in [3.63, 3.8) is 0 Å². The molecule has 0 spiro atoms. The standard InChI is InChI=1S/C14H19N3O2S/c1-11-7-13(19-16-11)9-17-5-2-3-12(8-17)10-18-14-15-4-6-20-14/h4,6-7,12H,2-3,5,8-10H2,1H3. The molecule has 0 radical (unpaired) electrons. The van der Waals surface area contributed by atoms with Gasteiger partial charge in [-0.2, -0.15) is 0 Å². The van der Waals surface area contributed by atoms with Crippen molar-refractivity contribution in [3.05, 3.63) is 29.1 Å². The van der Waals surface area contributed by atoms with Gasteiger partial charge < -0.3 is 9.26 Å². The summed E-state index contributed by atoms with van der Waals surface area (Å²) in [5, 5.41) is 6.65. The monoisotopic (exact) mass is 293 g/mol. The molecule has 1 aliphatic heterocycles. The second kappa shape index (κ2) is 6.37. The first kappa shape index (κ1) is 13.6. The molecule has 20 heavy (non-hydrogen) atoms. The molecule has 5 nitrogen and oxygen atoms in total. The first-order valence-corrected chi connectivity index (χ1v) is 7.84. The molecule has 0 bridgehead atoms. The molecule has 1 aliphatic rings. The number of nitrogens with zero attached hydrogens (tertiary/aromatic N) is 3. The molecule has 1 atom stereocenters. The van der Waals surface area contributed by atoms with Crippen LogP contribution in [0.25, 0.3) is 0 Å². The van der Waals surface area contributed by atoms with Gasteiger partial charge in [-0.3, -0.25) is 4.90 Å². The zero-order valence-electron chi connectivity index (χ0n) is 11.6. The van der Waals surface area contributed by atoms with E-state index in [0.29, 0.717) is 5.92 Å². The molecular weight excluding hydrogens is 274 g/mol. The van der Waals surface area contributed by atoms with Crippen LogP contribution in [0.2, 0.25) is 0 Å². The summed E-state index contributed by atoms with van der Waals surface area (Å²) in [6.45, 7) is 5.71. The number of hydrogen-bond donors (Lipinski definition) is 0. The smallest absolute Gasteiger partial charge is 0.273 e. The molecule has 1 saturated heterocycles. The number of ether oxygens (including phenoxy) is 1. The van der Waals surface area contributed by atoms with Crippen molar-refractivity contribution in [1.82, 2.24) is 15.0 Å². The molecule has 0 saturated carbocycles. The van der Waals surface area contributed by atoms with Crippen LogP contribution in [0.4, 0.5) is 0 Å². The first-order valence-electron chi connectivity index (χ1n) is 6.96. The molecule has 0 aliphatic carbocycles. The SMILES string of the molecule is Cc1cc(CN2CCCC(COc3nccs3)C2)on1. The number of thiazole rings is 1. The van der Waals surface area contributed by atoms with Gasteiger partial charge in [0.1, 0.15) is 0 Å². The predicted molar refractivity (Wildman–Crippen MR) is 76.9 cm³/mol. The number of likely N-dealkylation sites (tertiary alicyclic amines) is 1. The van der Waals surface area contributed by atoms with Gasteiger partial charge in [0.05, 0.1) is 18.8 Å². The van der Waals surface area contributed by atoms with E-state index in [9.17, 15) is 0 Å². The lowest BCUT2D eigenvalue weighted by atomic mass is 9.99. The lowest BCUT2D eigenvalue weighted by Crippen LogP contribution is -2.37. The fraction of sp³-hybridized carbons (Fsp3) is 0.571. The number of aryl methyl sites for hydroxylation is 1. The van der Waals surface area contributed by atoms with Crippen LogP contribution in [0.1, 0.15) is 24.3 Å². The third kappa shape index (κ3) is 3.58. The average Bonchev–Trinajstić information content (AvgIpc) is 3.09. The molecule has 0 N–H and O–H groups in total. The van der Waals surface area contributed by atoms with E-state index in [0.717, 1.165) is 42.9 Å². The molecule has 0 aromatic carbocycles. The summed E-state index contributed by atoms with van der Waals surface area (Å²) in [7, 11) is 0. The summed E-state index contributed by atoms with van der Waals surface area (Å²) >= 11 is 1.55. The Balaban J connectivity index is 1.48. The summed E-state index contributed by atoms with van der Waals surface area (Å²) in [6, 6.07) is 2.01. The zero-order valence-corrected chi connectivity index (χ0v) is 12.4. The molecule has 2 aromatic rings. The van der Waals surface area contributed by atoms with Gasteiger partial charge >= 0.3 is 0 Å². The maximum atomic E-state index is 5.73. The lowest BCUT2D eigenvalue weighted by Gasteiger charge is -2.31. The third-order valence-electron chi connectivity index (χ3n) is 3.51. The quantitative estimate of drug-likeness (QED) is 0.848. The van der Waals surface area contributed by atoms with E-state index in [4.69, 9.17) is 9.26 Å². The van der Waals surface area contributed by atoms with Crippen molar-refractivity contribution >= 4 is 11.3 Å². The normalized spacial score (nSPS) is 20.1. The highest BCUT2D eigenvalue weighted by atomic mass is 32.1. The summed E-state index contributed by atoms with van der Waals surface area (Å²) in [5.74, 6) is 1.51. The number of aromatic nitrogens is 2. The van der Waals surface area contributed by atoms with Crippen molar-refractivity contribution in [1.29, 1.82) is 0 Å². The van der Waals surface area contributed by atoms with Crippen LogP contribution < -0.4 is 4.74 Å². The van der Waals surface area contributed by atoms with Gasteiger partial charge in [-0.05, 0) is 26.3 Å². The predicted octanol–water partition coefficient (Wildman–Crippen LogP) is 2.73. The minimum absolute atomic E-state index is 0.566. The molecule has 1 unspecified atom stereocenters. The van der Waals surface area contributed by atoms with Crippen LogP contribution in [0.3, 0.4) is 0 Å². The van der Waals surface area contributed by atoms with E-state index in [1.165, 1.54) is 12.8 Å². The molecule has 0 amide bonds. The zero-order chi connectivity index (χ0) is 13.8. The highest BCUT2D eigenvalue weighted by Gasteiger charge is 2.21. The van der Waals surface area contributed by atoms with Crippen LogP contribution in [-0.4, -0.2) is 34.7 Å². The second-order valence-corrected chi connectivity index (χ2v) is 6.14. The van der Waals surface area contributed by atoms with Crippen LogP contribution >= 0.6 is 11.3 Å². The van der Waals surface area contributed by atoms with E-state index < -0.39 is 0 Å². The lowest BCUT2D eigenvalue weighted by molar-refractivity contribution is 0.116. The van der Waals surface area contributed by atoms with Crippen molar-refractivity contribution in [3.8, 4) is 5.19 Å². The van der Waals surface area contributed by atoms with Crippen molar-refractivity contribution < 1.29 is 9.26 Å². The Hall–Kier alpha value is -1.40. The highest BCUT2D eigenvalue weighted by molar-refractivity contribution is 7.11. The van der Waals surface area contributed by atoms with E-state index >= 15 is 0 Å². The first-order chi connectivity index (χ1) is 9.79. The summed E-state index contributed by atoms with van der Waals surface area (Å²) in [5.41, 5.74) is 0.945. The van der Waals surface area contributed by atoms with Crippen LogP contribution in [0.15, 0.2) is 22.2 Å². The van der Waals surface area contributed by atoms with Gasteiger partial charge in [0, 0.05) is 30.1 Å². The van der Waals surface area contributed by atoms with Crippen molar-refractivity contribution in [2.75, 3.05) is 19.7 Å². The molecular formula is C14H19N3O2S. The molecule has 2 aromatic heterocycles. The van der Waals surface area contributed by atoms with E-state index in [-0.39, 0.29) is 0 Å². The minimum Gasteiger partial charge on any atom is -0.470 e. The number of rotatable bonds is 5. The Morgan fingerprint density at radius 2 is 2.50 bits per heavy atom. The van der Waals surface area contributed by atoms with Crippen molar-refractivity contribution in [2.24, 2.45) is 5.92 Å². The van der Waals surface area contributed by atoms with Gasteiger partial charge in [0.25, 0.3) is 5.19 Å². The van der Waals surface area contributed by atoms with Crippen LogP contribution in [-0.2, 0) is 6.54 Å². The Bertz CT molecular complexity index is 526. The summed E-state index contributed by atoms with van der Waals surface area (Å²) < 4.78 is 11.0. The fourth-order valence-electron chi connectivity index (χ4n) is 2.61. The third-order valence-corrected chi connectivity index (χ3v) is 4.19. The Morgan fingerprint density at radius 1 is 1.55 bits per heavy atom. The van der Waals surface area contributed by atoms with Gasteiger partial charge in [0.2, 0.25) is 0 Å². The fourth-order valence-corrected chi connectivity index (χ4v) is 3.11. The van der Waals surface area contributed by atoms with Gasteiger partial charge in [0.15, 0.2) is 5.76 Å². The van der Waals surface area contributed by atoms with Crippen molar-refractivity contribution in [2.45, 2.75) is 26.3 Å². The summed E-state index contributed by atoms with van der Waals surface area (Å²) in [6.07, 6.45) is 4.20. The largest absolute Gasteiger partial charge is 0.470 e. The molecule has 3 heterocycles. The van der Waals surface area contributed by atoms with Gasteiger partial charge in [-0.25, -0.2) is 4.98 Å². The molecule has 6 heteroatoms. The van der Waals surface area contributed by atoms with Crippen LogP contribution in [0, 0.1) is 12.8 Å². The maximum absolute atomic E-state index is 5.73. The number of piperidine rings is 1. The average molecular weight is 293 g/mol. The van der Waals surface area contributed by atoms with E-state index in [2.05, 4.69) is 15.0 Å².